The van der Waals surface area contributed by atoms with Gasteiger partial charge in [0.25, 0.3) is 0 Å². The van der Waals surface area contributed by atoms with Crippen molar-refractivity contribution in [3.63, 3.8) is 0 Å². The predicted octanol–water partition coefficient (Wildman–Crippen LogP) is 3.37. The smallest absolute Gasteiger partial charge is 0.123 e. The van der Waals surface area contributed by atoms with E-state index in [0.717, 1.165) is 25.5 Å². The van der Waals surface area contributed by atoms with E-state index in [1.165, 1.54) is 29.7 Å². The van der Waals surface area contributed by atoms with E-state index in [2.05, 4.69) is 55.7 Å². The molecule has 128 valence electrons. The van der Waals surface area contributed by atoms with Crippen LogP contribution in [0.25, 0.3) is 0 Å². The highest BCUT2D eigenvalue weighted by molar-refractivity contribution is 5.22. The molecule has 1 saturated heterocycles. The minimum absolute atomic E-state index is 0.396. The van der Waals surface area contributed by atoms with Gasteiger partial charge in [-0.25, -0.2) is 4.98 Å². The second kappa shape index (κ2) is 7.15. The van der Waals surface area contributed by atoms with Gasteiger partial charge in [-0.1, -0.05) is 6.07 Å². The summed E-state index contributed by atoms with van der Waals surface area (Å²) in [5.74, 6) is 1.11. The molecule has 0 saturated carbocycles. The molecule has 1 aliphatic rings. The maximum Gasteiger partial charge on any atom is 0.123 e. The average Bonchev–Trinajstić information content (AvgIpc) is 3.27. The van der Waals surface area contributed by atoms with E-state index >= 15 is 0 Å². The highest BCUT2D eigenvalue weighted by atomic mass is 15.2. The van der Waals surface area contributed by atoms with Crippen molar-refractivity contribution < 1.29 is 0 Å². The lowest BCUT2D eigenvalue weighted by Gasteiger charge is -2.25. The van der Waals surface area contributed by atoms with Gasteiger partial charge in [-0.15, -0.1) is 0 Å². The Bertz CT molecular complexity index is 827. The average molecular weight is 333 g/mol. The molecule has 4 heterocycles. The first kappa shape index (κ1) is 16.0. The van der Waals surface area contributed by atoms with Crippen LogP contribution in [0.15, 0.2) is 55.2 Å². The minimum Gasteiger partial charge on any atom is -0.329 e. The van der Waals surface area contributed by atoms with E-state index in [4.69, 9.17) is 0 Å². The molecule has 1 unspecified atom stereocenters. The molecule has 1 atom stereocenters. The Kier molecular flexibility index (Phi) is 4.57. The Hall–Kier alpha value is -2.53. The lowest BCUT2D eigenvalue weighted by Crippen LogP contribution is -2.26. The Morgan fingerprint density at radius 1 is 1.04 bits per heavy atom. The molecule has 0 spiro atoms. The molecule has 5 nitrogen and oxygen atoms in total. The molecule has 0 amide bonds. The molecule has 25 heavy (non-hydrogen) atoms. The topological polar surface area (TPSA) is 46.8 Å². The first-order valence-corrected chi connectivity index (χ1v) is 8.86. The summed E-state index contributed by atoms with van der Waals surface area (Å²) >= 11 is 0. The van der Waals surface area contributed by atoms with Crippen LogP contribution in [0, 0.1) is 6.92 Å². The molecule has 0 N–H and O–H groups in total. The molecule has 5 heteroatoms. The standard InChI is InChI=1S/C20H23N5/c1-16-4-2-8-23-20(16)18-5-3-12-24(18)15-19-22-11-13-25(19)14-17-6-9-21-10-7-17/h2,4,6-11,13,18H,3,5,12,14-15H2,1H3. The lowest BCUT2D eigenvalue weighted by atomic mass is 10.1. The number of hydrogen-bond donors (Lipinski definition) is 0. The SMILES string of the molecule is Cc1cccnc1C1CCCN1Cc1nccn1Cc1ccncc1. The Balaban J connectivity index is 1.52. The van der Waals surface area contributed by atoms with E-state index < -0.39 is 0 Å². The van der Waals surface area contributed by atoms with Crippen LogP contribution in [0.2, 0.25) is 0 Å². The molecular formula is C20H23N5. The number of rotatable bonds is 5. The summed E-state index contributed by atoms with van der Waals surface area (Å²) < 4.78 is 2.23. The van der Waals surface area contributed by atoms with Gasteiger partial charge in [0.05, 0.1) is 18.3 Å². The van der Waals surface area contributed by atoms with Crippen LogP contribution in [0.5, 0.6) is 0 Å². The maximum atomic E-state index is 4.65. The van der Waals surface area contributed by atoms with Crippen molar-refractivity contribution in [2.24, 2.45) is 0 Å². The number of imidazole rings is 1. The van der Waals surface area contributed by atoms with Crippen molar-refractivity contribution >= 4 is 0 Å². The van der Waals surface area contributed by atoms with Gasteiger partial charge in [0.2, 0.25) is 0 Å². The lowest BCUT2D eigenvalue weighted by molar-refractivity contribution is 0.234. The van der Waals surface area contributed by atoms with Crippen LogP contribution in [-0.2, 0) is 13.1 Å². The van der Waals surface area contributed by atoms with Crippen LogP contribution < -0.4 is 0 Å². The third-order valence-electron chi connectivity index (χ3n) is 4.98. The van der Waals surface area contributed by atoms with E-state index in [1.807, 2.05) is 30.9 Å². The fourth-order valence-electron chi connectivity index (χ4n) is 3.67. The van der Waals surface area contributed by atoms with Crippen molar-refractivity contribution in [2.75, 3.05) is 6.54 Å². The largest absolute Gasteiger partial charge is 0.329 e. The molecule has 4 rings (SSSR count). The fraction of sp³-hybridized carbons (Fsp3) is 0.350. The van der Waals surface area contributed by atoms with Crippen molar-refractivity contribution in [1.29, 1.82) is 0 Å². The van der Waals surface area contributed by atoms with E-state index in [1.54, 1.807) is 0 Å². The second-order valence-electron chi connectivity index (χ2n) is 6.66. The fourth-order valence-corrected chi connectivity index (χ4v) is 3.67. The van der Waals surface area contributed by atoms with Crippen LogP contribution in [0.3, 0.4) is 0 Å². The van der Waals surface area contributed by atoms with Crippen molar-refractivity contribution in [2.45, 2.75) is 38.9 Å². The van der Waals surface area contributed by atoms with Crippen LogP contribution in [0.1, 0.15) is 41.5 Å². The molecule has 3 aromatic heterocycles. The molecule has 1 aliphatic heterocycles. The quantitative estimate of drug-likeness (QED) is 0.718. The highest BCUT2D eigenvalue weighted by Gasteiger charge is 2.29. The Morgan fingerprint density at radius 3 is 2.76 bits per heavy atom. The molecule has 0 bridgehead atoms. The van der Waals surface area contributed by atoms with Gasteiger partial charge in [0, 0.05) is 37.5 Å². The second-order valence-corrected chi connectivity index (χ2v) is 6.66. The first-order chi connectivity index (χ1) is 12.3. The van der Waals surface area contributed by atoms with Crippen LogP contribution in [0.4, 0.5) is 0 Å². The Labute approximate surface area is 148 Å². The minimum atomic E-state index is 0.396. The third-order valence-corrected chi connectivity index (χ3v) is 4.98. The summed E-state index contributed by atoms with van der Waals surface area (Å²) in [5, 5.41) is 0. The summed E-state index contributed by atoms with van der Waals surface area (Å²) in [4.78, 5) is 15.9. The number of pyridine rings is 2. The molecular weight excluding hydrogens is 310 g/mol. The number of aryl methyl sites for hydroxylation is 1. The summed E-state index contributed by atoms with van der Waals surface area (Å²) in [6.07, 6.45) is 11.9. The molecule has 0 radical (unpaired) electrons. The summed E-state index contributed by atoms with van der Waals surface area (Å²) in [5.41, 5.74) is 3.74. The monoisotopic (exact) mass is 333 g/mol. The first-order valence-electron chi connectivity index (χ1n) is 8.86. The van der Waals surface area contributed by atoms with Crippen molar-refractivity contribution in [3.05, 3.63) is 77.9 Å². The number of nitrogens with zero attached hydrogens (tertiary/aromatic N) is 5. The third kappa shape index (κ3) is 3.46. The van der Waals surface area contributed by atoms with E-state index in [9.17, 15) is 0 Å². The highest BCUT2D eigenvalue weighted by Crippen LogP contribution is 2.33. The summed E-state index contributed by atoms with van der Waals surface area (Å²) in [7, 11) is 0. The zero-order valence-corrected chi connectivity index (χ0v) is 14.5. The summed E-state index contributed by atoms with van der Waals surface area (Å²) in [6.45, 7) is 4.95. The van der Waals surface area contributed by atoms with Gasteiger partial charge in [-0.3, -0.25) is 14.9 Å². The predicted molar refractivity (Wildman–Crippen MR) is 96.9 cm³/mol. The van der Waals surface area contributed by atoms with Crippen molar-refractivity contribution in [1.82, 2.24) is 24.4 Å². The van der Waals surface area contributed by atoms with Gasteiger partial charge in [0.1, 0.15) is 5.82 Å². The van der Waals surface area contributed by atoms with Gasteiger partial charge in [0.15, 0.2) is 0 Å². The Morgan fingerprint density at radius 2 is 1.92 bits per heavy atom. The van der Waals surface area contributed by atoms with Gasteiger partial charge >= 0.3 is 0 Å². The number of likely N-dealkylation sites (tertiary alicyclic amines) is 1. The zero-order chi connectivity index (χ0) is 17.1. The normalized spacial score (nSPS) is 17.9. The summed E-state index contributed by atoms with van der Waals surface area (Å²) in [6, 6.07) is 8.68. The van der Waals surface area contributed by atoms with Crippen LogP contribution >= 0.6 is 0 Å². The number of hydrogen-bond acceptors (Lipinski definition) is 4. The maximum absolute atomic E-state index is 4.65. The van der Waals surface area contributed by atoms with Gasteiger partial charge in [-0.05, 0) is 55.6 Å². The molecule has 0 aliphatic carbocycles. The van der Waals surface area contributed by atoms with E-state index in [0.29, 0.717) is 6.04 Å². The number of aromatic nitrogens is 4. The zero-order valence-electron chi connectivity index (χ0n) is 14.5. The van der Waals surface area contributed by atoms with Gasteiger partial charge in [-0.2, -0.15) is 0 Å². The van der Waals surface area contributed by atoms with Crippen molar-refractivity contribution in [3.8, 4) is 0 Å². The van der Waals surface area contributed by atoms with Gasteiger partial charge < -0.3 is 4.57 Å². The molecule has 3 aromatic rings. The van der Waals surface area contributed by atoms with Crippen LogP contribution in [-0.4, -0.2) is 31.0 Å². The molecule has 1 fully saturated rings. The molecule has 0 aromatic carbocycles. The van der Waals surface area contributed by atoms with E-state index in [-0.39, 0.29) is 0 Å².